The number of nitrogens with zero attached hydrogens (tertiary/aromatic N) is 2. The lowest BCUT2D eigenvalue weighted by molar-refractivity contribution is 0.0602. The van der Waals surface area contributed by atoms with Crippen LogP contribution in [0.4, 0.5) is 11.4 Å². The lowest BCUT2D eigenvalue weighted by Gasteiger charge is -2.35. The molecule has 6 nitrogen and oxygen atoms in total. The van der Waals surface area contributed by atoms with E-state index in [1.165, 1.54) is 6.42 Å². The molecule has 1 unspecified atom stereocenters. The van der Waals surface area contributed by atoms with Crippen molar-refractivity contribution in [2.75, 3.05) is 18.7 Å². The van der Waals surface area contributed by atoms with Crippen molar-refractivity contribution in [3.63, 3.8) is 0 Å². The number of benzene rings is 1. The Hall–Kier alpha value is -2.76. The largest absolute Gasteiger partial charge is 0.454 e. The molecule has 1 aromatic carbocycles. The number of fused-ring (bicyclic) bond motifs is 1. The second kappa shape index (κ2) is 7.23. The lowest BCUT2D eigenvalue weighted by atomic mass is 9.99. The topological polar surface area (TPSA) is 63.7 Å². The number of rotatable bonds is 4. The van der Waals surface area contributed by atoms with Crippen molar-refractivity contribution in [2.45, 2.75) is 38.6 Å². The average molecular weight is 353 g/mol. The van der Waals surface area contributed by atoms with Crippen molar-refractivity contribution in [3.8, 4) is 11.5 Å². The maximum atomic E-state index is 12.9. The third-order valence-corrected chi connectivity index (χ3v) is 5.00. The van der Waals surface area contributed by atoms with Gasteiger partial charge in [-0.25, -0.2) is 0 Å². The van der Waals surface area contributed by atoms with Crippen LogP contribution in [-0.4, -0.2) is 35.2 Å². The van der Waals surface area contributed by atoms with Crippen LogP contribution in [0.2, 0.25) is 0 Å². The van der Waals surface area contributed by atoms with Gasteiger partial charge in [0.1, 0.15) is 5.69 Å². The Kier molecular flexibility index (Phi) is 4.65. The highest BCUT2D eigenvalue weighted by atomic mass is 16.7. The average Bonchev–Trinajstić information content (AvgIpc) is 3.15. The van der Waals surface area contributed by atoms with E-state index < -0.39 is 0 Å². The molecule has 1 aromatic heterocycles. The number of pyridine rings is 1. The molecule has 0 saturated carbocycles. The van der Waals surface area contributed by atoms with Gasteiger partial charge in [-0.2, -0.15) is 0 Å². The van der Waals surface area contributed by atoms with Gasteiger partial charge >= 0.3 is 0 Å². The zero-order chi connectivity index (χ0) is 17.9. The fourth-order valence-electron chi connectivity index (χ4n) is 3.61. The molecule has 2 aliphatic rings. The molecule has 0 spiro atoms. The minimum absolute atomic E-state index is 0.0193. The van der Waals surface area contributed by atoms with Crippen molar-refractivity contribution >= 4 is 17.3 Å². The van der Waals surface area contributed by atoms with Crippen molar-refractivity contribution in [1.29, 1.82) is 0 Å². The van der Waals surface area contributed by atoms with Crippen LogP contribution in [0.15, 0.2) is 36.5 Å². The van der Waals surface area contributed by atoms with Crippen LogP contribution in [0.25, 0.3) is 0 Å². The highest BCUT2D eigenvalue weighted by molar-refractivity contribution is 5.93. The number of carbonyl (C=O) groups is 1. The van der Waals surface area contributed by atoms with Crippen LogP contribution in [0.5, 0.6) is 11.5 Å². The lowest BCUT2D eigenvalue weighted by Crippen LogP contribution is -2.43. The van der Waals surface area contributed by atoms with E-state index in [9.17, 15) is 4.79 Å². The molecule has 6 heteroatoms. The molecule has 0 bridgehead atoms. The van der Waals surface area contributed by atoms with E-state index in [4.69, 9.17) is 9.47 Å². The molecule has 0 aliphatic carbocycles. The molecular weight excluding hydrogens is 330 g/mol. The molecule has 1 atom stereocenters. The normalized spacial score (nSPS) is 18.7. The Balaban J connectivity index is 1.52. The first kappa shape index (κ1) is 16.7. The molecule has 4 rings (SSSR count). The molecule has 3 heterocycles. The first-order valence-electron chi connectivity index (χ1n) is 9.18. The molecule has 1 N–H and O–H groups in total. The second-order valence-electron chi connectivity index (χ2n) is 6.68. The number of carbonyl (C=O) groups excluding carboxylic acids is 1. The highest BCUT2D eigenvalue weighted by Gasteiger charge is 2.27. The molecule has 2 aliphatic heterocycles. The number of aromatic nitrogens is 1. The van der Waals surface area contributed by atoms with Crippen molar-refractivity contribution in [1.82, 2.24) is 9.88 Å². The van der Waals surface area contributed by atoms with Gasteiger partial charge < -0.3 is 19.7 Å². The molecule has 1 saturated heterocycles. The fourth-order valence-corrected chi connectivity index (χ4v) is 3.61. The highest BCUT2D eigenvalue weighted by Crippen LogP contribution is 2.35. The second-order valence-corrected chi connectivity index (χ2v) is 6.68. The summed E-state index contributed by atoms with van der Waals surface area (Å²) in [5.74, 6) is 1.49. The molecular formula is C20H23N3O3. The van der Waals surface area contributed by atoms with Gasteiger partial charge in [-0.1, -0.05) is 6.92 Å². The Labute approximate surface area is 153 Å². The van der Waals surface area contributed by atoms with E-state index in [2.05, 4.69) is 17.2 Å². The van der Waals surface area contributed by atoms with Crippen molar-refractivity contribution in [2.24, 2.45) is 0 Å². The summed E-state index contributed by atoms with van der Waals surface area (Å²) in [5.41, 5.74) is 2.19. The van der Waals surface area contributed by atoms with Gasteiger partial charge in [0, 0.05) is 36.2 Å². The number of ether oxygens (including phenoxy) is 2. The van der Waals surface area contributed by atoms with Crippen LogP contribution in [0.1, 0.15) is 43.1 Å². The first-order valence-corrected chi connectivity index (χ1v) is 9.18. The summed E-state index contributed by atoms with van der Waals surface area (Å²) >= 11 is 0. The predicted molar refractivity (Wildman–Crippen MR) is 99.1 cm³/mol. The van der Waals surface area contributed by atoms with E-state index in [0.717, 1.165) is 48.7 Å². The molecule has 26 heavy (non-hydrogen) atoms. The minimum atomic E-state index is 0.0193. The Morgan fingerprint density at radius 2 is 2.04 bits per heavy atom. The summed E-state index contributed by atoms with van der Waals surface area (Å²) in [6.07, 6.45) is 6.00. The van der Waals surface area contributed by atoms with Crippen LogP contribution >= 0.6 is 0 Å². The summed E-state index contributed by atoms with van der Waals surface area (Å²) in [4.78, 5) is 19.2. The summed E-state index contributed by atoms with van der Waals surface area (Å²) in [6.45, 7) is 3.21. The number of anilines is 2. The Morgan fingerprint density at radius 1 is 1.19 bits per heavy atom. The number of piperidine rings is 1. The van der Waals surface area contributed by atoms with Gasteiger partial charge in [-0.05, 0) is 49.9 Å². The summed E-state index contributed by atoms with van der Waals surface area (Å²) in [6, 6.07) is 9.68. The molecule has 2 aromatic rings. The van der Waals surface area contributed by atoms with Gasteiger partial charge in [0.2, 0.25) is 6.79 Å². The number of nitrogens with one attached hydrogen (secondary N) is 1. The Bertz CT molecular complexity index is 809. The summed E-state index contributed by atoms with van der Waals surface area (Å²) < 4.78 is 10.7. The maximum Gasteiger partial charge on any atom is 0.272 e. The SMILES string of the molecule is CCC1CCCCN1C(=O)c1cc(Nc2ccc3c(c2)OCO3)ccn1. The smallest absolute Gasteiger partial charge is 0.272 e. The minimum Gasteiger partial charge on any atom is -0.454 e. The zero-order valence-corrected chi connectivity index (χ0v) is 14.9. The monoisotopic (exact) mass is 353 g/mol. The first-order chi connectivity index (χ1) is 12.7. The van der Waals surface area contributed by atoms with Gasteiger partial charge in [-0.15, -0.1) is 0 Å². The van der Waals surface area contributed by atoms with Crippen LogP contribution in [0, 0.1) is 0 Å². The van der Waals surface area contributed by atoms with Crippen molar-refractivity contribution < 1.29 is 14.3 Å². The number of hydrogen-bond donors (Lipinski definition) is 1. The van der Waals surface area contributed by atoms with E-state index in [1.807, 2.05) is 35.2 Å². The van der Waals surface area contributed by atoms with Gasteiger partial charge in [0.15, 0.2) is 11.5 Å². The van der Waals surface area contributed by atoms with E-state index in [0.29, 0.717) is 11.7 Å². The summed E-state index contributed by atoms with van der Waals surface area (Å²) in [7, 11) is 0. The molecule has 0 radical (unpaired) electrons. The number of amides is 1. The predicted octanol–water partition coefficient (Wildman–Crippen LogP) is 3.96. The third kappa shape index (κ3) is 3.31. The van der Waals surface area contributed by atoms with Crippen LogP contribution < -0.4 is 14.8 Å². The van der Waals surface area contributed by atoms with E-state index in [1.54, 1.807) is 6.20 Å². The maximum absolute atomic E-state index is 12.9. The van der Waals surface area contributed by atoms with E-state index >= 15 is 0 Å². The van der Waals surface area contributed by atoms with Gasteiger partial charge in [-0.3, -0.25) is 9.78 Å². The standard InChI is InChI=1S/C20H23N3O3/c1-2-16-5-3-4-10-23(16)20(24)17-11-15(8-9-21-17)22-14-6-7-18-19(12-14)26-13-25-18/h6-9,11-12,16H,2-5,10,13H2,1H3,(H,21,22). The zero-order valence-electron chi connectivity index (χ0n) is 14.9. The quantitative estimate of drug-likeness (QED) is 0.901. The van der Waals surface area contributed by atoms with Crippen molar-refractivity contribution in [3.05, 3.63) is 42.2 Å². The Morgan fingerprint density at radius 3 is 2.92 bits per heavy atom. The van der Waals surface area contributed by atoms with E-state index in [-0.39, 0.29) is 12.7 Å². The molecule has 136 valence electrons. The van der Waals surface area contributed by atoms with Gasteiger partial charge in [0.25, 0.3) is 5.91 Å². The summed E-state index contributed by atoms with van der Waals surface area (Å²) in [5, 5.41) is 3.31. The van der Waals surface area contributed by atoms with Crippen LogP contribution in [-0.2, 0) is 0 Å². The molecule has 1 amide bonds. The third-order valence-electron chi connectivity index (χ3n) is 5.00. The van der Waals surface area contributed by atoms with Gasteiger partial charge in [0.05, 0.1) is 0 Å². The number of hydrogen-bond acceptors (Lipinski definition) is 5. The molecule has 1 fully saturated rings. The number of likely N-dealkylation sites (tertiary alicyclic amines) is 1. The fraction of sp³-hybridized carbons (Fsp3) is 0.400. The van der Waals surface area contributed by atoms with Crippen LogP contribution in [0.3, 0.4) is 0 Å².